The number of hydrogen-bond acceptors (Lipinski definition) is 2. The molecule has 1 unspecified atom stereocenters. The Morgan fingerprint density at radius 1 is 1.03 bits per heavy atom. The minimum atomic E-state index is -0.0918. The van der Waals surface area contributed by atoms with Gasteiger partial charge in [0.25, 0.3) is 0 Å². The van der Waals surface area contributed by atoms with Gasteiger partial charge in [-0.3, -0.25) is 0 Å². The van der Waals surface area contributed by atoms with Crippen molar-refractivity contribution in [1.82, 2.24) is 0 Å². The highest BCUT2D eigenvalue weighted by atomic mass is 16.5. The standard InChI is InChI=1S/C33H40N2O/c1-5-6-18-34-26-14-16-28-30(21-26)33(3,4)31-22-27(35-19-10-11-20-35)15-17-29(31)32(28)24(2)36-23-25-12-8-7-9-13-25/h7-9,12-17,21-22,24H,5-6,10-11,18-20,23H2,1-4H3/p+1. The van der Waals surface area contributed by atoms with Crippen LogP contribution < -0.4 is 5.32 Å². The summed E-state index contributed by atoms with van der Waals surface area (Å²) in [5, 5.41) is 3.66. The minimum absolute atomic E-state index is 0.0182. The fraction of sp³-hybridized carbons (Fsp3) is 0.424. The first-order chi connectivity index (χ1) is 17.5. The van der Waals surface area contributed by atoms with E-state index in [-0.39, 0.29) is 11.5 Å². The van der Waals surface area contributed by atoms with Crippen molar-refractivity contribution < 1.29 is 9.31 Å². The summed E-state index contributed by atoms with van der Waals surface area (Å²) in [5.74, 6) is 0. The molecule has 0 radical (unpaired) electrons. The van der Waals surface area contributed by atoms with E-state index in [0.717, 1.165) is 19.6 Å². The molecule has 0 bridgehead atoms. The Morgan fingerprint density at radius 2 is 1.81 bits per heavy atom. The summed E-state index contributed by atoms with van der Waals surface area (Å²) in [4.78, 5) is 0. The molecule has 1 atom stereocenters. The van der Waals surface area contributed by atoms with Gasteiger partial charge >= 0.3 is 0 Å². The molecular weight excluding hydrogens is 440 g/mol. The Balaban J connectivity index is 1.57. The SMILES string of the molecule is CCCCNc1ccc2c(c1)C(C)(C)C1=CC(=[N+]3CCCC3)C=CC1=C2C(C)OCc1ccccc1. The molecule has 5 rings (SSSR count). The molecule has 3 aliphatic rings. The highest BCUT2D eigenvalue weighted by molar-refractivity contribution is 6.06. The average Bonchev–Trinajstić information content (AvgIpc) is 3.44. The van der Waals surface area contributed by atoms with Gasteiger partial charge in [0.2, 0.25) is 0 Å². The number of hydrogen-bond donors (Lipinski definition) is 1. The van der Waals surface area contributed by atoms with Crippen molar-refractivity contribution in [3.8, 4) is 0 Å². The lowest BCUT2D eigenvalue weighted by Crippen LogP contribution is -2.32. The molecule has 1 saturated heterocycles. The zero-order valence-corrected chi connectivity index (χ0v) is 22.4. The summed E-state index contributed by atoms with van der Waals surface area (Å²) in [7, 11) is 0. The molecule has 1 N–H and O–H groups in total. The van der Waals surface area contributed by atoms with Gasteiger partial charge < -0.3 is 10.1 Å². The number of rotatable bonds is 8. The predicted molar refractivity (Wildman–Crippen MR) is 152 cm³/mol. The van der Waals surface area contributed by atoms with Gasteiger partial charge in [-0.05, 0) is 65.0 Å². The van der Waals surface area contributed by atoms with E-state index in [9.17, 15) is 0 Å². The van der Waals surface area contributed by atoms with E-state index in [1.165, 1.54) is 70.5 Å². The lowest BCUT2D eigenvalue weighted by molar-refractivity contribution is -0.504. The van der Waals surface area contributed by atoms with E-state index in [0.29, 0.717) is 6.61 Å². The Kier molecular flexibility index (Phi) is 7.29. The van der Waals surface area contributed by atoms with Crippen LogP contribution in [0.3, 0.4) is 0 Å². The maximum atomic E-state index is 6.53. The molecule has 2 aliphatic carbocycles. The van der Waals surface area contributed by atoms with Crippen molar-refractivity contribution in [1.29, 1.82) is 0 Å². The molecule has 0 saturated carbocycles. The van der Waals surface area contributed by atoms with E-state index in [4.69, 9.17) is 4.74 Å². The molecular formula is C33H41N2O+. The number of benzene rings is 2. The first-order valence-electron chi connectivity index (χ1n) is 13.8. The highest BCUT2D eigenvalue weighted by Gasteiger charge is 2.40. The molecule has 2 aromatic rings. The fourth-order valence-corrected chi connectivity index (χ4v) is 5.88. The molecule has 36 heavy (non-hydrogen) atoms. The Bertz CT molecular complexity index is 1220. The van der Waals surface area contributed by atoms with Crippen molar-refractivity contribution in [2.75, 3.05) is 25.0 Å². The van der Waals surface area contributed by atoms with E-state index in [1.54, 1.807) is 0 Å². The Labute approximate surface area is 217 Å². The molecule has 3 nitrogen and oxygen atoms in total. The molecule has 2 aromatic carbocycles. The van der Waals surface area contributed by atoms with Crippen molar-refractivity contribution in [2.45, 2.75) is 71.5 Å². The van der Waals surface area contributed by atoms with Crippen LogP contribution in [-0.2, 0) is 16.8 Å². The monoisotopic (exact) mass is 481 g/mol. The number of allylic oxidation sites excluding steroid dienone is 5. The maximum Gasteiger partial charge on any atom is 0.200 e. The third kappa shape index (κ3) is 4.86. The Morgan fingerprint density at radius 3 is 2.56 bits per heavy atom. The van der Waals surface area contributed by atoms with Gasteiger partial charge in [-0.1, -0.05) is 63.6 Å². The van der Waals surface area contributed by atoms with Crippen LogP contribution >= 0.6 is 0 Å². The average molecular weight is 482 g/mol. The van der Waals surface area contributed by atoms with Crippen molar-refractivity contribution in [3.63, 3.8) is 0 Å². The molecule has 0 amide bonds. The summed E-state index contributed by atoms with van der Waals surface area (Å²) in [6.45, 7) is 13.2. The van der Waals surface area contributed by atoms with Gasteiger partial charge in [0.05, 0.1) is 12.7 Å². The zero-order chi connectivity index (χ0) is 25.1. The Hall–Kier alpha value is -2.91. The second kappa shape index (κ2) is 10.6. The van der Waals surface area contributed by atoms with Gasteiger partial charge in [-0.15, -0.1) is 0 Å². The smallest absolute Gasteiger partial charge is 0.200 e. The van der Waals surface area contributed by atoms with Crippen molar-refractivity contribution >= 4 is 17.0 Å². The normalized spacial score (nSPS) is 19.2. The molecule has 0 spiro atoms. The topological polar surface area (TPSA) is 24.3 Å². The summed E-state index contributed by atoms with van der Waals surface area (Å²) in [5.41, 5.74) is 10.5. The quantitative estimate of drug-likeness (QED) is 0.316. The summed E-state index contributed by atoms with van der Waals surface area (Å²) in [6, 6.07) is 17.5. The lowest BCUT2D eigenvalue weighted by atomic mass is 9.64. The number of nitrogens with zero attached hydrogens (tertiary/aromatic N) is 1. The second-order valence-corrected chi connectivity index (χ2v) is 10.9. The molecule has 1 fully saturated rings. The molecule has 1 heterocycles. The van der Waals surface area contributed by atoms with E-state index in [1.807, 2.05) is 0 Å². The summed E-state index contributed by atoms with van der Waals surface area (Å²) >= 11 is 0. The van der Waals surface area contributed by atoms with E-state index < -0.39 is 0 Å². The van der Waals surface area contributed by atoms with Crippen LogP contribution in [0.1, 0.15) is 70.1 Å². The molecule has 188 valence electrons. The van der Waals surface area contributed by atoms with Crippen molar-refractivity contribution in [3.05, 3.63) is 94.6 Å². The van der Waals surface area contributed by atoms with Crippen LogP contribution in [0.5, 0.6) is 0 Å². The molecule has 0 aromatic heterocycles. The van der Waals surface area contributed by atoms with Crippen LogP contribution in [0, 0.1) is 0 Å². The summed E-state index contributed by atoms with van der Waals surface area (Å²) < 4.78 is 9.07. The van der Waals surface area contributed by atoms with Crippen LogP contribution in [0.25, 0.3) is 5.57 Å². The van der Waals surface area contributed by atoms with Gasteiger partial charge in [-0.2, -0.15) is 0 Å². The van der Waals surface area contributed by atoms with Crippen LogP contribution in [-0.4, -0.2) is 36.0 Å². The van der Waals surface area contributed by atoms with Crippen molar-refractivity contribution in [2.24, 2.45) is 0 Å². The molecule has 1 aliphatic heterocycles. The maximum absolute atomic E-state index is 6.53. The summed E-state index contributed by atoms with van der Waals surface area (Å²) in [6.07, 6.45) is 12.1. The predicted octanol–water partition coefficient (Wildman–Crippen LogP) is 7.29. The lowest BCUT2D eigenvalue weighted by Gasteiger charge is -2.40. The van der Waals surface area contributed by atoms with Gasteiger partial charge in [0.15, 0.2) is 5.71 Å². The minimum Gasteiger partial charge on any atom is -0.385 e. The third-order valence-electron chi connectivity index (χ3n) is 8.03. The number of unbranched alkanes of at least 4 members (excludes halogenated alkanes) is 1. The van der Waals surface area contributed by atoms with Crippen LogP contribution in [0.4, 0.5) is 5.69 Å². The second-order valence-electron chi connectivity index (χ2n) is 10.9. The first-order valence-corrected chi connectivity index (χ1v) is 13.8. The van der Waals surface area contributed by atoms with Gasteiger partial charge in [0, 0.05) is 42.6 Å². The zero-order valence-electron chi connectivity index (χ0n) is 22.4. The van der Waals surface area contributed by atoms with Crippen LogP contribution in [0.2, 0.25) is 0 Å². The third-order valence-corrected chi connectivity index (χ3v) is 8.03. The largest absolute Gasteiger partial charge is 0.385 e. The fourth-order valence-electron chi connectivity index (χ4n) is 5.88. The van der Waals surface area contributed by atoms with Crippen LogP contribution in [0.15, 0.2) is 77.9 Å². The van der Waals surface area contributed by atoms with E-state index in [2.05, 4.69) is 104 Å². The highest BCUT2D eigenvalue weighted by Crippen LogP contribution is 2.49. The van der Waals surface area contributed by atoms with E-state index >= 15 is 0 Å². The molecule has 3 heteroatoms. The van der Waals surface area contributed by atoms with Gasteiger partial charge in [-0.25, -0.2) is 4.58 Å². The van der Waals surface area contributed by atoms with Gasteiger partial charge in [0.1, 0.15) is 13.1 Å². The number of nitrogens with one attached hydrogen (secondary N) is 1. The number of anilines is 1. The number of fused-ring (bicyclic) bond motifs is 2. The first kappa shape index (κ1) is 24.8. The number of ether oxygens (including phenoxy) is 1.